The zero-order chi connectivity index (χ0) is 46.2. The Morgan fingerprint density at radius 1 is 0.969 bits per heavy atom. The molecule has 1 aliphatic carbocycles. The second-order valence-electron chi connectivity index (χ2n) is 16.0. The molecule has 0 unspecified atom stereocenters. The van der Waals surface area contributed by atoms with Gasteiger partial charge in [-0.2, -0.15) is 59.9 Å². The molecule has 3 aromatic carbocycles. The summed E-state index contributed by atoms with van der Waals surface area (Å²) in [6.45, 7) is -1.83. The van der Waals surface area contributed by atoms with Crippen LogP contribution in [0.25, 0.3) is 22.6 Å². The van der Waals surface area contributed by atoms with Crippen molar-refractivity contribution in [1.29, 1.82) is 0 Å². The van der Waals surface area contributed by atoms with Crippen molar-refractivity contribution in [2.24, 2.45) is 10.4 Å². The second kappa shape index (κ2) is 17.7. The number of ketones is 1. The molecule has 338 valence electrons. The lowest BCUT2D eigenvalue weighted by atomic mass is 9.74. The summed E-state index contributed by atoms with van der Waals surface area (Å²) in [4.78, 5) is 52.7. The predicted octanol–water partition coefficient (Wildman–Crippen LogP) is 9.93. The summed E-state index contributed by atoms with van der Waals surface area (Å²) in [7, 11) is 0. The number of guanidine groups is 1. The molecule has 2 aromatic heterocycles. The van der Waals surface area contributed by atoms with Gasteiger partial charge >= 0.3 is 25.0 Å². The van der Waals surface area contributed by atoms with Crippen molar-refractivity contribution in [2.45, 2.75) is 95.5 Å². The van der Waals surface area contributed by atoms with Crippen LogP contribution in [0.15, 0.2) is 90.3 Å². The van der Waals surface area contributed by atoms with Crippen molar-refractivity contribution in [3.05, 3.63) is 107 Å². The topological polar surface area (TPSA) is 149 Å². The summed E-state index contributed by atoms with van der Waals surface area (Å²) in [5.74, 6) is -3.64. The van der Waals surface area contributed by atoms with Crippen molar-refractivity contribution < 1.29 is 54.2 Å². The Balaban J connectivity index is 1.38. The maximum Gasteiger partial charge on any atom is 0.414 e. The maximum absolute atomic E-state index is 15.5. The highest BCUT2D eigenvalue weighted by molar-refractivity contribution is 6.33. The van der Waals surface area contributed by atoms with Gasteiger partial charge in [-0.05, 0) is 54.5 Å². The Morgan fingerprint density at radius 2 is 1.67 bits per heavy atom. The minimum atomic E-state index is -4.94. The van der Waals surface area contributed by atoms with Crippen LogP contribution in [0.4, 0.5) is 39.9 Å². The van der Waals surface area contributed by atoms with Gasteiger partial charge in [0.05, 0.1) is 28.7 Å². The van der Waals surface area contributed by atoms with Gasteiger partial charge in [-0.15, -0.1) is 0 Å². The summed E-state index contributed by atoms with van der Waals surface area (Å²) >= 11 is 6.46. The summed E-state index contributed by atoms with van der Waals surface area (Å²) in [6, 6.07) is 16.2. The zero-order valence-corrected chi connectivity index (χ0v) is 34.6. The van der Waals surface area contributed by atoms with Crippen LogP contribution in [-0.2, 0) is 26.5 Å². The lowest BCUT2D eigenvalue weighted by molar-refractivity contribution is -0.218. The number of carbonyl (C=O) groups is 3. The van der Waals surface area contributed by atoms with Gasteiger partial charge in [-0.3, -0.25) is 19.8 Å². The molecule has 13 nitrogen and oxygen atoms in total. The minimum Gasteiger partial charge on any atom is -0.444 e. The Labute approximate surface area is 364 Å². The molecule has 5 aromatic rings. The van der Waals surface area contributed by atoms with Crippen LogP contribution in [0.1, 0.15) is 87.7 Å². The van der Waals surface area contributed by atoms with Crippen molar-refractivity contribution in [1.82, 2.24) is 40.0 Å². The van der Waals surface area contributed by atoms with E-state index in [1.165, 1.54) is 48.7 Å². The highest BCUT2D eigenvalue weighted by Crippen LogP contribution is 2.51. The summed E-state index contributed by atoms with van der Waals surface area (Å²) in [6.07, 6.45) is -11.4. The molecule has 2 atom stereocenters. The van der Waals surface area contributed by atoms with Crippen molar-refractivity contribution >= 4 is 35.3 Å². The summed E-state index contributed by atoms with van der Waals surface area (Å²) in [5, 5.41) is 14.5. The highest BCUT2D eigenvalue weighted by atomic mass is 35.5. The van der Waals surface area contributed by atoms with E-state index in [1.54, 1.807) is 35.1 Å². The van der Waals surface area contributed by atoms with Crippen molar-refractivity contribution in [3.63, 3.8) is 0 Å². The molecule has 1 fully saturated rings. The number of nitrogens with one attached hydrogen (secondary N) is 1. The van der Waals surface area contributed by atoms with E-state index in [0.29, 0.717) is 16.8 Å². The number of ether oxygens (including phenoxy) is 1. The maximum atomic E-state index is 15.5. The predicted molar refractivity (Wildman–Crippen MR) is 213 cm³/mol. The highest BCUT2D eigenvalue weighted by Gasteiger charge is 2.59. The van der Waals surface area contributed by atoms with E-state index in [9.17, 15) is 44.7 Å². The number of aromatic nitrogens is 6. The van der Waals surface area contributed by atoms with E-state index in [2.05, 4.69) is 30.6 Å². The minimum absolute atomic E-state index is 0.0662. The number of alkyl carbamates (subject to hydrolysis) is 1. The normalized spacial score (nSPS) is 17.5. The first-order chi connectivity index (χ1) is 30.2. The number of amides is 2. The quantitative estimate of drug-likeness (QED) is 0.102. The molecule has 0 saturated heterocycles. The molecule has 1 N–H and O–H groups in total. The van der Waals surface area contributed by atoms with Gasteiger partial charge in [0, 0.05) is 17.5 Å². The Morgan fingerprint density at radius 3 is 2.31 bits per heavy atom. The number of Topliss-reactive ketones (excluding diaryl/α,β-unsaturated/α-hetero) is 1. The molecule has 3 heterocycles. The number of aliphatic imine (C=N–C) groups is 1. The molecule has 1 aliphatic heterocycles. The third-order valence-electron chi connectivity index (χ3n) is 10.8. The van der Waals surface area contributed by atoms with Crippen LogP contribution in [0.3, 0.4) is 0 Å². The van der Waals surface area contributed by atoms with Gasteiger partial charge in [0.25, 0.3) is 5.91 Å². The molecule has 22 heteroatoms. The zero-order valence-electron chi connectivity index (χ0n) is 33.9. The first-order valence-electron chi connectivity index (χ1n) is 19.7. The first kappa shape index (κ1) is 45.8. The number of benzene rings is 3. The van der Waals surface area contributed by atoms with E-state index < -0.39 is 91.1 Å². The Hall–Kier alpha value is -6.25. The molecule has 64 heavy (non-hydrogen) atoms. The molecular formula is C42H38ClF8N9O4. The molecule has 0 bridgehead atoms. The van der Waals surface area contributed by atoms with Crippen molar-refractivity contribution in [3.8, 4) is 22.6 Å². The number of alkyl halides is 8. The van der Waals surface area contributed by atoms with E-state index in [4.69, 9.17) is 16.3 Å². The standard InChI is InChI=1S/C42H38ClF8N9O4/c1-39(2,42(49,50)51)22-40(27-11-8-25(9-12-27)32-20-53-60(57-32)28-13-14-28)35(62)58(37(56-40)55-38(63)64-21-24-6-4-3-5-7-24)33(17-15-29(61)19-41(46,47)48)26-10-16-31(43)30(18-26)34-52-23-54-59(34)36(44)45/h3-12,16,18,20,23,28,33,36H,13-15,17,19,21-22H2,1-2H3,(H,55,56,63)/t33-,40-/m1/s1. The number of nitrogens with zero attached hydrogens (tertiary/aromatic N) is 8. The second-order valence-corrected chi connectivity index (χ2v) is 16.4. The molecule has 2 amide bonds. The van der Waals surface area contributed by atoms with E-state index in [0.717, 1.165) is 37.9 Å². The summed E-state index contributed by atoms with van der Waals surface area (Å²) in [5.41, 5.74) is -4.07. The third kappa shape index (κ3) is 9.93. The van der Waals surface area contributed by atoms with Gasteiger partial charge in [-0.1, -0.05) is 86.1 Å². The van der Waals surface area contributed by atoms with Gasteiger partial charge in [0.15, 0.2) is 11.4 Å². The van der Waals surface area contributed by atoms with Crippen LogP contribution in [-0.4, -0.2) is 70.8 Å². The number of halogens is 9. The number of rotatable bonds is 15. The van der Waals surface area contributed by atoms with Crippen LogP contribution < -0.4 is 5.32 Å². The summed E-state index contributed by atoms with van der Waals surface area (Å²) < 4.78 is 119. The largest absolute Gasteiger partial charge is 0.444 e. The molecule has 1 saturated carbocycles. The average molecular weight is 920 g/mol. The fraction of sp³-hybridized carbons (Fsp3) is 0.381. The van der Waals surface area contributed by atoms with Crippen molar-refractivity contribution in [2.75, 3.05) is 0 Å². The first-order valence-corrected chi connectivity index (χ1v) is 20.1. The lowest BCUT2D eigenvalue weighted by Gasteiger charge is -2.37. The SMILES string of the molecule is CC(C)(C[C@]1(c2ccc(-c3cnn(C4CC4)n3)cc2)N=C(NC(=O)OCc2ccccc2)N([C@H](CCC(=O)CC(F)(F)F)c2ccc(Cl)c(-c3ncnn3C(F)F)c2)C1=O)C(F)(F)F. The van der Waals surface area contributed by atoms with Crippen LogP contribution in [0.5, 0.6) is 0 Å². The third-order valence-corrected chi connectivity index (χ3v) is 11.1. The van der Waals surface area contributed by atoms with Gasteiger partial charge < -0.3 is 4.74 Å². The number of hydrogen-bond donors (Lipinski definition) is 1. The number of hydrogen-bond acceptors (Lipinski definition) is 9. The Bertz CT molecular complexity index is 2540. The molecule has 0 spiro atoms. The van der Waals surface area contributed by atoms with E-state index in [-0.39, 0.29) is 39.0 Å². The van der Waals surface area contributed by atoms with E-state index >= 15 is 4.79 Å². The molecule has 0 radical (unpaired) electrons. The fourth-order valence-electron chi connectivity index (χ4n) is 7.32. The fourth-order valence-corrected chi connectivity index (χ4v) is 7.52. The monoisotopic (exact) mass is 919 g/mol. The lowest BCUT2D eigenvalue weighted by Crippen LogP contribution is -2.50. The van der Waals surface area contributed by atoms with Gasteiger partial charge in [-0.25, -0.2) is 14.8 Å². The number of carbonyl (C=O) groups excluding carboxylic acids is 3. The van der Waals surface area contributed by atoms with Crippen LogP contribution in [0.2, 0.25) is 5.02 Å². The average Bonchev–Trinajstić information content (AvgIpc) is 3.62. The van der Waals surface area contributed by atoms with E-state index in [1.807, 2.05) is 0 Å². The van der Waals surface area contributed by atoms with Gasteiger partial charge in [0.1, 0.15) is 30.8 Å². The van der Waals surface area contributed by atoms with Gasteiger partial charge in [0.2, 0.25) is 5.96 Å². The molecule has 2 aliphatic rings. The van der Waals surface area contributed by atoms with Crippen LogP contribution >= 0.6 is 11.6 Å². The molecular weight excluding hydrogens is 882 g/mol. The van der Waals surface area contributed by atoms with Crippen LogP contribution in [0, 0.1) is 5.41 Å². The Kier molecular flexibility index (Phi) is 12.7. The molecule has 7 rings (SSSR count). The smallest absolute Gasteiger partial charge is 0.414 e.